The topological polar surface area (TPSA) is 77.0 Å². The van der Waals surface area contributed by atoms with Crippen molar-refractivity contribution in [3.63, 3.8) is 0 Å². The molecule has 6 heteroatoms. The van der Waals surface area contributed by atoms with E-state index in [1.54, 1.807) is 16.3 Å². The van der Waals surface area contributed by atoms with E-state index >= 15 is 0 Å². The zero-order valence-electron chi connectivity index (χ0n) is 9.50. The normalized spacial score (nSPS) is 10.7. The Morgan fingerprint density at radius 3 is 2.41 bits per heavy atom. The maximum atomic E-state index is 8.93. The molecule has 0 bridgehead atoms. The fourth-order valence-corrected chi connectivity index (χ4v) is 2.21. The highest BCUT2D eigenvalue weighted by Crippen LogP contribution is 2.21. The summed E-state index contributed by atoms with van der Waals surface area (Å²) >= 11 is 1.58. The molecule has 0 unspecified atom stereocenters. The molecule has 0 fully saturated rings. The van der Waals surface area contributed by atoms with Crippen LogP contribution in [0.2, 0.25) is 0 Å². The molecule has 2 aromatic rings. The number of benzene rings is 1. The molecule has 90 valence electrons. The number of aromatic nitrogens is 3. The molecule has 0 saturated carbocycles. The molecule has 0 aliphatic carbocycles. The van der Waals surface area contributed by atoms with Crippen LogP contribution in [0.4, 0.5) is 5.95 Å². The predicted molar refractivity (Wildman–Crippen MR) is 67.3 cm³/mol. The number of hydrogen-bond acceptors (Lipinski definition) is 5. The first-order valence-electron chi connectivity index (χ1n) is 5.17. The van der Waals surface area contributed by atoms with Gasteiger partial charge in [0, 0.05) is 12.8 Å². The van der Waals surface area contributed by atoms with Crippen molar-refractivity contribution in [1.29, 1.82) is 0 Å². The Balaban J connectivity index is 2.00. The highest BCUT2D eigenvalue weighted by molar-refractivity contribution is 7.98. The van der Waals surface area contributed by atoms with Crippen LogP contribution < -0.4 is 5.73 Å². The van der Waals surface area contributed by atoms with Crippen LogP contribution in [0.15, 0.2) is 29.4 Å². The van der Waals surface area contributed by atoms with Gasteiger partial charge in [0.25, 0.3) is 0 Å². The summed E-state index contributed by atoms with van der Waals surface area (Å²) in [6, 6.07) is 7.83. The Hall–Kier alpha value is -1.53. The van der Waals surface area contributed by atoms with Gasteiger partial charge in [-0.25, -0.2) is 0 Å². The summed E-state index contributed by atoms with van der Waals surface area (Å²) in [5.74, 6) is 1.22. The highest BCUT2D eigenvalue weighted by Gasteiger charge is 2.06. The van der Waals surface area contributed by atoms with Crippen molar-refractivity contribution in [2.24, 2.45) is 7.05 Å². The minimum atomic E-state index is 0.0766. The molecule has 1 heterocycles. The van der Waals surface area contributed by atoms with Gasteiger partial charge < -0.3 is 10.8 Å². The summed E-state index contributed by atoms with van der Waals surface area (Å²) in [4.78, 5) is 0. The van der Waals surface area contributed by atoms with Crippen LogP contribution in [0.1, 0.15) is 11.1 Å². The zero-order valence-corrected chi connectivity index (χ0v) is 10.3. The summed E-state index contributed by atoms with van der Waals surface area (Å²) in [6.07, 6.45) is 0. The van der Waals surface area contributed by atoms with E-state index in [1.165, 1.54) is 5.56 Å². The second-order valence-electron chi connectivity index (χ2n) is 3.66. The molecule has 1 aromatic carbocycles. The number of nitrogens with zero attached hydrogens (tertiary/aromatic N) is 3. The number of hydrogen-bond donors (Lipinski definition) is 2. The van der Waals surface area contributed by atoms with Crippen LogP contribution in [0.3, 0.4) is 0 Å². The Kier molecular flexibility index (Phi) is 3.65. The molecule has 0 aliphatic heterocycles. The quantitative estimate of drug-likeness (QED) is 0.797. The van der Waals surface area contributed by atoms with Gasteiger partial charge in [-0.3, -0.25) is 4.57 Å². The van der Waals surface area contributed by atoms with E-state index < -0.39 is 0 Å². The van der Waals surface area contributed by atoms with Crippen LogP contribution >= 0.6 is 11.8 Å². The van der Waals surface area contributed by atoms with Gasteiger partial charge in [0.15, 0.2) is 5.16 Å². The zero-order chi connectivity index (χ0) is 12.3. The predicted octanol–water partition coefficient (Wildman–Crippen LogP) is 1.18. The molecule has 2 rings (SSSR count). The van der Waals surface area contributed by atoms with Crippen molar-refractivity contribution in [2.45, 2.75) is 17.5 Å². The third-order valence-electron chi connectivity index (χ3n) is 2.44. The smallest absolute Gasteiger partial charge is 0.222 e. The molecule has 1 aromatic heterocycles. The van der Waals surface area contributed by atoms with Gasteiger partial charge in [0.05, 0.1) is 6.61 Å². The number of aliphatic hydroxyl groups excluding tert-OH is 1. The van der Waals surface area contributed by atoms with E-state index in [-0.39, 0.29) is 6.61 Å². The van der Waals surface area contributed by atoms with Gasteiger partial charge in [0.1, 0.15) is 0 Å². The standard InChI is InChI=1S/C11H14N4OS/c1-15-10(12)13-14-11(15)17-7-9-4-2-8(6-16)3-5-9/h2-5,16H,6-7H2,1H3,(H2,12,13). The fourth-order valence-electron chi connectivity index (χ4n) is 1.34. The van der Waals surface area contributed by atoms with E-state index in [4.69, 9.17) is 10.8 Å². The van der Waals surface area contributed by atoms with Crippen LogP contribution in [0, 0.1) is 0 Å². The Morgan fingerprint density at radius 2 is 1.88 bits per heavy atom. The van der Waals surface area contributed by atoms with Gasteiger partial charge in [-0.2, -0.15) is 0 Å². The van der Waals surface area contributed by atoms with Crippen molar-refractivity contribution in [3.05, 3.63) is 35.4 Å². The van der Waals surface area contributed by atoms with E-state index in [1.807, 2.05) is 31.3 Å². The number of rotatable bonds is 4. The first-order valence-corrected chi connectivity index (χ1v) is 6.15. The van der Waals surface area contributed by atoms with Crippen molar-refractivity contribution in [1.82, 2.24) is 14.8 Å². The molecule has 0 spiro atoms. The summed E-state index contributed by atoms with van der Waals surface area (Å²) in [6.45, 7) is 0.0766. The van der Waals surface area contributed by atoms with Gasteiger partial charge in [0.2, 0.25) is 5.95 Å². The van der Waals surface area contributed by atoms with Crippen molar-refractivity contribution in [3.8, 4) is 0 Å². The SMILES string of the molecule is Cn1c(N)nnc1SCc1ccc(CO)cc1. The summed E-state index contributed by atoms with van der Waals surface area (Å²) < 4.78 is 1.76. The fraction of sp³-hybridized carbons (Fsp3) is 0.273. The number of aliphatic hydroxyl groups is 1. The average Bonchev–Trinajstić information content (AvgIpc) is 2.68. The van der Waals surface area contributed by atoms with Crippen molar-refractivity contribution in [2.75, 3.05) is 5.73 Å². The molecule has 5 nitrogen and oxygen atoms in total. The van der Waals surface area contributed by atoms with Crippen LogP contribution in [-0.2, 0) is 19.4 Å². The monoisotopic (exact) mass is 250 g/mol. The van der Waals surface area contributed by atoms with Crippen LogP contribution in [-0.4, -0.2) is 19.9 Å². The third-order valence-corrected chi connectivity index (χ3v) is 3.53. The molecular formula is C11H14N4OS. The lowest BCUT2D eigenvalue weighted by molar-refractivity contribution is 0.282. The first-order chi connectivity index (χ1) is 8.20. The first kappa shape index (κ1) is 11.9. The highest BCUT2D eigenvalue weighted by atomic mass is 32.2. The lowest BCUT2D eigenvalue weighted by Gasteiger charge is -2.02. The maximum Gasteiger partial charge on any atom is 0.222 e. The summed E-state index contributed by atoms with van der Waals surface area (Å²) in [7, 11) is 1.84. The number of thioether (sulfide) groups is 1. The Morgan fingerprint density at radius 1 is 1.24 bits per heavy atom. The van der Waals surface area contributed by atoms with Gasteiger partial charge >= 0.3 is 0 Å². The molecule has 3 N–H and O–H groups in total. The Labute approximate surface area is 104 Å². The number of nitrogens with two attached hydrogens (primary N) is 1. The van der Waals surface area contributed by atoms with Crippen molar-refractivity contribution < 1.29 is 5.11 Å². The molecule has 0 saturated heterocycles. The van der Waals surface area contributed by atoms with Gasteiger partial charge in [-0.05, 0) is 11.1 Å². The lowest BCUT2D eigenvalue weighted by Crippen LogP contribution is -1.98. The number of anilines is 1. The largest absolute Gasteiger partial charge is 0.392 e. The van der Waals surface area contributed by atoms with Gasteiger partial charge in [-0.15, -0.1) is 10.2 Å². The lowest BCUT2D eigenvalue weighted by atomic mass is 10.2. The van der Waals surface area contributed by atoms with Crippen LogP contribution in [0.25, 0.3) is 0 Å². The molecular weight excluding hydrogens is 236 g/mol. The average molecular weight is 250 g/mol. The van der Waals surface area contributed by atoms with E-state index in [2.05, 4.69) is 10.2 Å². The van der Waals surface area contributed by atoms with Gasteiger partial charge in [-0.1, -0.05) is 36.0 Å². The molecule has 0 aliphatic rings. The summed E-state index contributed by atoms with van der Waals surface area (Å²) in [5.41, 5.74) is 7.69. The van der Waals surface area contributed by atoms with E-state index in [0.29, 0.717) is 5.95 Å². The van der Waals surface area contributed by atoms with Crippen LogP contribution in [0.5, 0.6) is 0 Å². The molecule has 0 radical (unpaired) electrons. The molecule has 0 atom stereocenters. The molecule has 0 amide bonds. The van der Waals surface area contributed by atoms with Crippen molar-refractivity contribution >= 4 is 17.7 Å². The second kappa shape index (κ2) is 5.20. The van der Waals surface area contributed by atoms with E-state index in [0.717, 1.165) is 16.5 Å². The molecule has 17 heavy (non-hydrogen) atoms. The second-order valence-corrected chi connectivity index (χ2v) is 4.61. The van der Waals surface area contributed by atoms with E-state index in [9.17, 15) is 0 Å². The summed E-state index contributed by atoms with van der Waals surface area (Å²) in [5, 5.41) is 17.5. The maximum absolute atomic E-state index is 8.93. The third kappa shape index (κ3) is 2.78. The number of nitrogen functional groups attached to an aromatic ring is 1. The minimum absolute atomic E-state index is 0.0766. The Bertz CT molecular complexity index is 495. The minimum Gasteiger partial charge on any atom is -0.392 e.